The molecule has 0 aliphatic carbocycles. The Balaban J connectivity index is 2.35. The highest BCUT2D eigenvalue weighted by Gasteiger charge is 2.95. The molecule has 1 N–H and O–H groups in total. The Bertz CT molecular complexity index is 2080. The summed E-state index contributed by atoms with van der Waals surface area (Å²) in [5.41, 5.74) is -1.84. The third kappa shape index (κ3) is 12.8. The van der Waals surface area contributed by atoms with Crippen molar-refractivity contribution in [1.29, 1.82) is 0 Å². The van der Waals surface area contributed by atoms with Gasteiger partial charge in [0.25, 0.3) is 0 Å². The van der Waals surface area contributed by atoms with Crippen LogP contribution in [0, 0.1) is 11.6 Å². The minimum absolute atomic E-state index is 0.0250. The highest BCUT2D eigenvalue weighted by atomic mass is 28.4. The molecule has 0 heterocycles. The lowest BCUT2D eigenvalue weighted by atomic mass is 9.88. The van der Waals surface area contributed by atoms with Crippen LogP contribution in [-0.2, 0) is 23.4 Å². The molecule has 0 aromatic heterocycles. The van der Waals surface area contributed by atoms with Crippen molar-refractivity contribution in [3.63, 3.8) is 0 Å². The van der Waals surface area contributed by atoms with Crippen LogP contribution < -0.4 is 10.1 Å². The summed E-state index contributed by atoms with van der Waals surface area (Å²) in [4.78, 5) is 25.0. The molecule has 28 heteroatoms. The average molecular weight is 1070 g/mol. The molecule has 2 atom stereocenters. The van der Waals surface area contributed by atoms with Crippen LogP contribution >= 0.6 is 0 Å². The molecular formula is C42H48F19NO7Si. The van der Waals surface area contributed by atoms with Crippen LogP contribution in [0.2, 0.25) is 17.1 Å². The van der Waals surface area contributed by atoms with Crippen LogP contribution in [0.5, 0.6) is 5.75 Å². The van der Waals surface area contributed by atoms with E-state index in [0.29, 0.717) is 6.07 Å². The molecule has 1 amide bonds. The summed E-state index contributed by atoms with van der Waals surface area (Å²) in [5, 5.41) is 2.13. The van der Waals surface area contributed by atoms with E-state index in [1.807, 2.05) is 0 Å². The molecule has 0 fully saturated rings. The fraction of sp³-hybridized carbons (Fsp3) is 0.619. The van der Waals surface area contributed by atoms with Crippen molar-refractivity contribution in [1.82, 2.24) is 0 Å². The number of carbonyl (C=O) groups is 2. The van der Waals surface area contributed by atoms with E-state index in [1.54, 1.807) is 6.92 Å². The number of hydrogen-bond acceptors (Lipinski definition) is 7. The molecule has 0 spiro atoms. The van der Waals surface area contributed by atoms with Crippen LogP contribution in [0.15, 0.2) is 54.1 Å². The summed E-state index contributed by atoms with van der Waals surface area (Å²) in [6, 6.07) is 6.24. The third-order valence-electron chi connectivity index (χ3n) is 11.0. The molecule has 0 bridgehead atoms. The van der Waals surface area contributed by atoms with Gasteiger partial charge in [-0.05, 0) is 73.6 Å². The summed E-state index contributed by atoms with van der Waals surface area (Å²) < 4.78 is 292. The van der Waals surface area contributed by atoms with Crippen molar-refractivity contribution in [2.75, 3.05) is 32.2 Å². The molecule has 0 saturated carbocycles. The molecule has 0 radical (unpaired) electrons. The van der Waals surface area contributed by atoms with Crippen molar-refractivity contribution in [2.45, 2.75) is 138 Å². The second-order valence-corrected chi connectivity index (χ2v) is 21.2. The number of alkyl halides is 17. The molecule has 70 heavy (non-hydrogen) atoms. The number of esters is 1. The number of anilines is 1. The topological polar surface area (TPSA) is 92.3 Å². The molecule has 0 unspecified atom stereocenters. The zero-order valence-corrected chi connectivity index (χ0v) is 38.9. The monoisotopic (exact) mass is 1070 g/mol. The number of ether oxygens (including phenoxy) is 4. The van der Waals surface area contributed by atoms with E-state index in [1.165, 1.54) is 72.1 Å². The molecule has 2 rings (SSSR count). The summed E-state index contributed by atoms with van der Waals surface area (Å²) in [5.74, 6) is -59.7. The molecule has 400 valence electrons. The van der Waals surface area contributed by atoms with Crippen molar-refractivity contribution >= 4 is 26.1 Å². The van der Waals surface area contributed by atoms with Crippen LogP contribution in [0.1, 0.15) is 72.5 Å². The van der Waals surface area contributed by atoms with Gasteiger partial charge in [-0.1, -0.05) is 45.9 Å². The number of methoxy groups -OCH3 is 1. The molecule has 8 nitrogen and oxygen atoms in total. The van der Waals surface area contributed by atoms with E-state index in [4.69, 9.17) is 23.4 Å². The zero-order chi connectivity index (χ0) is 54.3. The maximum absolute atomic E-state index is 15.0. The van der Waals surface area contributed by atoms with E-state index in [0.717, 1.165) is 12.1 Å². The summed E-state index contributed by atoms with van der Waals surface area (Å²) in [7, 11) is -2.81. The second kappa shape index (κ2) is 22.9. The fourth-order valence-corrected chi connectivity index (χ4v) is 11.4. The summed E-state index contributed by atoms with van der Waals surface area (Å²) in [6.07, 6.45) is -12.1. The van der Waals surface area contributed by atoms with E-state index in [-0.39, 0.29) is 36.3 Å². The Hall–Kier alpha value is -4.47. The van der Waals surface area contributed by atoms with Crippen molar-refractivity contribution in [3.05, 3.63) is 71.3 Å². The first kappa shape index (κ1) is 61.6. The van der Waals surface area contributed by atoms with Crippen LogP contribution in [0.4, 0.5) is 93.9 Å². The van der Waals surface area contributed by atoms with E-state index < -0.39 is 134 Å². The predicted octanol–water partition coefficient (Wildman–Crippen LogP) is 14.1. The Morgan fingerprint density at radius 3 is 1.70 bits per heavy atom. The van der Waals surface area contributed by atoms with Gasteiger partial charge in [-0.2, -0.15) is 74.6 Å². The van der Waals surface area contributed by atoms with Crippen molar-refractivity contribution in [3.8, 4) is 5.75 Å². The molecular weight excluding hydrogens is 1020 g/mol. The number of carbonyl (C=O) groups excluding carboxylic acids is 2. The first-order valence-electron chi connectivity index (χ1n) is 20.6. The lowest BCUT2D eigenvalue weighted by Gasteiger charge is -2.44. The van der Waals surface area contributed by atoms with Gasteiger partial charge in [0.1, 0.15) is 24.0 Å². The van der Waals surface area contributed by atoms with Crippen LogP contribution in [-0.4, -0.2) is 101 Å². The first-order chi connectivity index (χ1) is 31.8. The minimum Gasteiger partial charge on any atom is -0.491 e. The molecule has 0 aliphatic rings. The van der Waals surface area contributed by atoms with Gasteiger partial charge in [0, 0.05) is 25.2 Å². The third-order valence-corrected chi connectivity index (χ3v) is 16.7. The standard InChI is InChI=1S/C42H48F19NO7Si/c1-8-66-33(63)25(6)10-9-11-31(65-7)32(69-34(64)62-30-17-14-27(43)22-29(30)44)26-12-15-28(16-13-26)67-19-20-68-70(23(2)3,24(4)5)21-18-35(45,46)36(47,48)37(49,50)38(51,52)39(53,54)40(55,56)41(57,58)42(59,60)61/h10,12-17,22-24,31-32H,8-9,11,18-21H2,1-7H3,(H,62,64)/b25-10+/t31-,32-/m0/s1. The Morgan fingerprint density at radius 2 is 1.23 bits per heavy atom. The van der Waals surface area contributed by atoms with E-state index >= 15 is 8.78 Å². The summed E-state index contributed by atoms with van der Waals surface area (Å²) >= 11 is 0. The number of hydrogen-bond donors (Lipinski definition) is 1. The van der Waals surface area contributed by atoms with Gasteiger partial charge in [-0.25, -0.2) is 18.4 Å². The van der Waals surface area contributed by atoms with Gasteiger partial charge >= 0.3 is 59.7 Å². The maximum atomic E-state index is 15.0. The molecule has 2 aromatic rings. The van der Waals surface area contributed by atoms with Crippen LogP contribution in [0.25, 0.3) is 0 Å². The van der Waals surface area contributed by atoms with Crippen LogP contribution in [0.3, 0.4) is 0 Å². The first-order valence-corrected chi connectivity index (χ1v) is 22.9. The lowest BCUT2D eigenvalue weighted by molar-refractivity contribution is -0.461. The SMILES string of the molecule is CCOC(=O)/C(C)=C/CC[C@H](OC)[C@@H](OC(=O)Nc1ccc(F)cc1F)c1ccc(OCCO[Si](CCC(F)(F)C(F)(F)C(F)(F)C(F)(F)C(F)(F)C(F)(F)C(F)(F)C(F)(F)F)(C(C)C)C(C)C)cc1. The summed E-state index contributed by atoms with van der Waals surface area (Å²) in [6.45, 7) is 7.26. The van der Waals surface area contributed by atoms with Gasteiger partial charge in [-0.3, -0.25) is 5.32 Å². The lowest BCUT2D eigenvalue weighted by Crippen LogP contribution is -2.74. The highest BCUT2D eigenvalue weighted by Crippen LogP contribution is 2.64. The van der Waals surface area contributed by atoms with E-state index in [9.17, 15) is 84.2 Å². The average Bonchev–Trinajstić information content (AvgIpc) is 3.24. The number of amides is 1. The molecule has 2 aromatic carbocycles. The minimum atomic E-state index is -8.73. The smallest absolute Gasteiger partial charge is 0.460 e. The van der Waals surface area contributed by atoms with Gasteiger partial charge < -0.3 is 23.4 Å². The van der Waals surface area contributed by atoms with Gasteiger partial charge in [0.2, 0.25) is 0 Å². The normalized spacial score (nSPS) is 15.0. The van der Waals surface area contributed by atoms with Crippen molar-refractivity contribution in [2.24, 2.45) is 0 Å². The Morgan fingerprint density at radius 1 is 0.714 bits per heavy atom. The number of halogens is 19. The van der Waals surface area contributed by atoms with Gasteiger partial charge in [-0.15, -0.1) is 0 Å². The number of benzene rings is 2. The Kier molecular flexibility index (Phi) is 20.2. The second-order valence-electron chi connectivity index (χ2n) is 16.2. The number of nitrogens with one attached hydrogen (secondary N) is 1. The van der Waals surface area contributed by atoms with Crippen molar-refractivity contribution < 1.29 is 116 Å². The molecule has 0 aliphatic heterocycles. The molecule has 0 saturated heterocycles. The maximum Gasteiger partial charge on any atom is 0.460 e. The zero-order valence-electron chi connectivity index (χ0n) is 37.9. The number of allylic oxidation sites excluding steroid dienone is 1. The van der Waals surface area contributed by atoms with E-state index in [2.05, 4.69) is 5.32 Å². The highest BCUT2D eigenvalue weighted by molar-refractivity contribution is 6.76. The van der Waals surface area contributed by atoms with Gasteiger partial charge in [0.05, 0.1) is 25.0 Å². The number of rotatable bonds is 26. The largest absolute Gasteiger partial charge is 0.491 e. The Labute approximate surface area is 389 Å². The van der Waals surface area contributed by atoms with Gasteiger partial charge in [0.15, 0.2) is 14.4 Å². The predicted molar refractivity (Wildman–Crippen MR) is 214 cm³/mol. The quantitative estimate of drug-likeness (QED) is 0.0330. The fourth-order valence-electron chi connectivity index (χ4n) is 6.89.